The molecule has 5 rings (SSSR count). The summed E-state index contributed by atoms with van der Waals surface area (Å²) in [6, 6.07) is 7.68. The van der Waals surface area contributed by atoms with Crippen LogP contribution in [0.25, 0.3) is 5.69 Å². The van der Waals surface area contributed by atoms with Crippen LogP contribution in [0.3, 0.4) is 0 Å². The van der Waals surface area contributed by atoms with Crippen LogP contribution in [0.4, 0.5) is 0 Å². The molecule has 1 fully saturated rings. The molecule has 1 saturated heterocycles. The van der Waals surface area contributed by atoms with E-state index < -0.39 is 0 Å². The van der Waals surface area contributed by atoms with Gasteiger partial charge in [0.1, 0.15) is 18.7 Å². The summed E-state index contributed by atoms with van der Waals surface area (Å²) in [5, 5.41) is 14.5. The van der Waals surface area contributed by atoms with E-state index >= 15 is 0 Å². The lowest BCUT2D eigenvalue weighted by atomic mass is 9.97. The van der Waals surface area contributed by atoms with Crippen LogP contribution in [0.1, 0.15) is 42.8 Å². The lowest BCUT2D eigenvalue weighted by Gasteiger charge is -2.32. The molecule has 1 atom stereocenters. The first-order valence-corrected chi connectivity index (χ1v) is 11.9. The van der Waals surface area contributed by atoms with Crippen LogP contribution in [0.15, 0.2) is 46.0 Å². The number of benzene rings is 1. The highest BCUT2D eigenvalue weighted by molar-refractivity contribution is 7.09. The van der Waals surface area contributed by atoms with E-state index in [1.165, 1.54) is 5.01 Å². The summed E-state index contributed by atoms with van der Waals surface area (Å²) in [7, 11) is 0. The van der Waals surface area contributed by atoms with Crippen LogP contribution in [-0.4, -0.2) is 61.9 Å². The highest BCUT2D eigenvalue weighted by Gasteiger charge is 2.25. The minimum absolute atomic E-state index is 0.462. The fourth-order valence-electron chi connectivity index (χ4n) is 3.91. The van der Waals surface area contributed by atoms with Crippen LogP contribution in [-0.2, 0) is 6.61 Å². The van der Waals surface area contributed by atoms with Gasteiger partial charge in [0.2, 0.25) is 5.96 Å². The highest BCUT2D eigenvalue weighted by atomic mass is 32.1. The van der Waals surface area contributed by atoms with Crippen molar-refractivity contribution in [1.82, 2.24) is 30.1 Å². The lowest BCUT2D eigenvalue weighted by Crippen LogP contribution is -2.38. The summed E-state index contributed by atoms with van der Waals surface area (Å²) in [5.41, 5.74) is 1.86. The summed E-state index contributed by atoms with van der Waals surface area (Å²) in [5.74, 6) is 2.70. The maximum absolute atomic E-state index is 5.92. The smallest absolute Gasteiger partial charge is 0.220 e. The van der Waals surface area contributed by atoms with E-state index in [0.29, 0.717) is 18.4 Å². The van der Waals surface area contributed by atoms with Gasteiger partial charge in [-0.15, -0.1) is 16.4 Å². The van der Waals surface area contributed by atoms with Crippen molar-refractivity contribution in [3.05, 3.63) is 46.7 Å². The fraction of sp³-hybridized carbons (Fsp3) is 0.455. The Hall–Kier alpha value is -3.14. The zero-order valence-corrected chi connectivity index (χ0v) is 18.9. The second-order valence-electron chi connectivity index (χ2n) is 8.06. The van der Waals surface area contributed by atoms with Crippen molar-refractivity contribution in [1.29, 1.82) is 0 Å². The zero-order valence-electron chi connectivity index (χ0n) is 18.0. The Labute approximate surface area is 190 Å². The van der Waals surface area contributed by atoms with Crippen molar-refractivity contribution < 1.29 is 4.74 Å². The zero-order chi connectivity index (χ0) is 21.8. The SMILES string of the molecule is CCC1C=NC(N2CCC(c3nc(COc4ccc(-n5cnnn5)cc4)cs3)CC2)=NC1. The second-order valence-corrected chi connectivity index (χ2v) is 8.95. The van der Waals surface area contributed by atoms with Gasteiger partial charge in [-0.2, -0.15) is 0 Å². The fourth-order valence-corrected chi connectivity index (χ4v) is 4.89. The minimum atomic E-state index is 0.462. The Morgan fingerprint density at radius 3 is 2.69 bits per heavy atom. The van der Waals surface area contributed by atoms with Crippen LogP contribution < -0.4 is 4.74 Å². The average molecular weight is 451 g/mol. The molecule has 32 heavy (non-hydrogen) atoms. The third-order valence-electron chi connectivity index (χ3n) is 5.93. The Bertz CT molecular complexity index is 1070. The first-order chi connectivity index (χ1) is 15.8. The Morgan fingerprint density at radius 2 is 2.00 bits per heavy atom. The van der Waals surface area contributed by atoms with E-state index in [4.69, 9.17) is 9.72 Å². The number of aliphatic imine (C=N–C) groups is 2. The van der Waals surface area contributed by atoms with Crippen molar-refractivity contribution in [3.8, 4) is 11.4 Å². The molecule has 0 spiro atoms. The molecule has 2 aliphatic heterocycles. The summed E-state index contributed by atoms with van der Waals surface area (Å²) >= 11 is 1.74. The normalized spacial score (nSPS) is 19.2. The maximum atomic E-state index is 5.92. The molecule has 0 amide bonds. The molecule has 0 N–H and O–H groups in total. The van der Waals surface area contributed by atoms with Gasteiger partial charge >= 0.3 is 0 Å². The van der Waals surface area contributed by atoms with E-state index in [9.17, 15) is 0 Å². The Balaban J connectivity index is 1.11. The summed E-state index contributed by atoms with van der Waals surface area (Å²) in [6.45, 7) is 5.48. The average Bonchev–Trinajstić information content (AvgIpc) is 3.56. The molecule has 10 heteroatoms. The minimum Gasteiger partial charge on any atom is -0.487 e. The molecule has 0 aliphatic carbocycles. The molecule has 1 unspecified atom stereocenters. The van der Waals surface area contributed by atoms with E-state index in [0.717, 1.165) is 62.0 Å². The number of hydrogen-bond donors (Lipinski definition) is 0. The number of aromatic nitrogens is 5. The number of thiazole rings is 1. The van der Waals surface area contributed by atoms with Crippen molar-refractivity contribution in [2.45, 2.75) is 38.7 Å². The van der Waals surface area contributed by atoms with Gasteiger partial charge in [-0.1, -0.05) is 6.92 Å². The van der Waals surface area contributed by atoms with Crippen molar-refractivity contribution in [3.63, 3.8) is 0 Å². The molecular formula is C22H26N8OS. The standard InChI is InChI=1S/C22H26N8OS/c1-2-16-11-23-22(24-12-16)29-9-7-17(8-10-29)21-26-18(14-32-21)13-31-20-5-3-19(4-6-20)30-15-25-27-28-30/h3-6,11,14-17H,2,7-10,12-13H2,1H3. The van der Waals surface area contributed by atoms with E-state index in [-0.39, 0.29) is 0 Å². The molecule has 4 heterocycles. The largest absolute Gasteiger partial charge is 0.487 e. The third-order valence-corrected chi connectivity index (χ3v) is 6.98. The van der Waals surface area contributed by atoms with Gasteiger partial charge in [-0.25, -0.2) is 14.7 Å². The molecule has 0 saturated carbocycles. The maximum Gasteiger partial charge on any atom is 0.220 e. The quantitative estimate of drug-likeness (QED) is 0.572. The number of tetrazole rings is 1. The Kier molecular flexibility index (Phi) is 6.20. The molecule has 0 bridgehead atoms. The monoisotopic (exact) mass is 450 g/mol. The molecule has 9 nitrogen and oxygen atoms in total. The number of hydrogen-bond acceptors (Lipinski definition) is 9. The van der Waals surface area contributed by atoms with Crippen LogP contribution in [0, 0.1) is 5.92 Å². The highest BCUT2D eigenvalue weighted by Crippen LogP contribution is 2.31. The van der Waals surface area contributed by atoms with Gasteiger partial charge in [0, 0.05) is 36.5 Å². The number of guanidine groups is 1. The number of ether oxygens (including phenoxy) is 1. The number of piperidine rings is 1. The predicted octanol–water partition coefficient (Wildman–Crippen LogP) is 3.34. The van der Waals surface area contributed by atoms with Gasteiger partial charge in [0.05, 0.1) is 22.9 Å². The first-order valence-electron chi connectivity index (χ1n) is 11.0. The summed E-state index contributed by atoms with van der Waals surface area (Å²) in [4.78, 5) is 16.4. The van der Waals surface area contributed by atoms with Gasteiger partial charge in [0.25, 0.3) is 0 Å². The van der Waals surface area contributed by atoms with E-state index in [1.807, 2.05) is 24.3 Å². The molecule has 3 aromatic rings. The molecule has 2 aromatic heterocycles. The Morgan fingerprint density at radius 1 is 1.16 bits per heavy atom. The number of rotatable bonds is 6. The molecular weight excluding hydrogens is 424 g/mol. The topological polar surface area (TPSA) is 93.7 Å². The second kappa shape index (κ2) is 9.56. The molecule has 2 aliphatic rings. The van der Waals surface area contributed by atoms with E-state index in [1.54, 1.807) is 22.3 Å². The molecule has 0 radical (unpaired) electrons. The lowest BCUT2D eigenvalue weighted by molar-refractivity contribution is 0.297. The van der Waals surface area contributed by atoms with E-state index in [2.05, 4.69) is 48.9 Å². The van der Waals surface area contributed by atoms with Gasteiger partial charge < -0.3 is 9.64 Å². The third kappa shape index (κ3) is 4.69. The predicted molar refractivity (Wildman–Crippen MR) is 124 cm³/mol. The van der Waals surface area contributed by atoms with Crippen molar-refractivity contribution in [2.75, 3.05) is 19.6 Å². The number of nitrogens with zero attached hydrogens (tertiary/aromatic N) is 8. The van der Waals surface area contributed by atoms with Gasteiger partial charge in [0.15, 0.2) is 0 Å². The van der Waals surface area contributed by atoms with Crippen LogP contribution >= 0.6 is 11.3 Å². The molecule has 1 aromatic carbocycles. The first kappa shape index (κ1) is 20.7. The van der Waals surface area contributed by atoms with Crippen molar-refractivity contribution >= 4 is 23.5 Å². The number of likely N-dealkylation sites (tertiary alicyclic amines) is 1. The van der Waals surface area contributed by atoms with Crippen molar-refractivity contribution in [2.24, 2.45) is 15.9 Å². The summed E-state index contributed by atoms with van der Waals surface area (Å²) in [6.07, 6.45) is 6.90. The van der Waals surface area contributed by atoms with Gasteiger partial charge in [-0.05, 0) is 54.0 Å². The summed E-state index contributed by atoms with van der Waals surface area (Å²) < 4.78 is 7.53. The van der Waals surface area contributed by atoms with Crippen LogP contribution in [0.5, 0.6) is 5.75 Å². The van der Waals surface area contributed by atoms with Crippen LogP contribution in [0.2, 0.25) is 0 Å². The van der Waals surface area contributed by atoms with Gasteiger partial charge in [-0.3, -0.25) is 4.99 Å². The molecule has 166 valence electrons.